The second-order valence-electron chi connectivity index (χ2n) is 6.39. The van der Waals surface area contributed by atoms with Crippen LogP contribution in [0.1, 0.15) is 5.56 Å². The summed E-state index contributed by atoms with van der Waals surface area (Å²) in [6.45, 7) is 2.11. The quantitative estimate of drug-likeness (QED) is 0.385. The first-order valence-electron chi connectivity index (χ1n) is 8.78. The molecule has 0 spiro atoms. The lowest BCUT2D eigenvalue weighted by Crippen LogP contribution is -1.86. The van der Waals surface area contributed by atoms with Crippen LogP contribution in [0.25, 0.3) is 22.3 Å². The van der Waals surface area contributed by atoms with Crippen molar-refractivity contribution in [3.05, 3.63) is 109 Å². The van der Waals surface area contributed by atoms with Crippen LogP contribution >= 0.6 is 0 Å². The summed E-state index contributed by atoms with van der Waals surface area (Å²) in [5.74, 6) is 1.68. The van der Waals surface area contributed by atoms with Gasteiger partial charge < -0.3 is 4.74 Å². The molecule has 0 N–H and O–H groups in total. The van der Waals surface area contributed by atoms with Gasteiger partial charge in [0, 0.05) is 0 Å². The Hall–Kier alpha value is -3.32. The Morgan fingerprint density at radius 1 is 0.462 bits per heavy atom. The van der Waals surface area contributed by atoms with Gasteiger partial charge in [-0.05, 0) is 53.4 Å². The molecular formula is C25H20O. The van der Waals surface area contributed by atoms with E-state index in [4.69, 9.17) is 4.74 Å². The van der Waals surface area contributed by atoms with Crippen LogP contribution in [-0.2, 0) is 0 Å². The topological polar surface area (TPSA) is 9.23 Å². The molecule has 0 aliphatic carbocycles. The maximum atomic E-state index is 6.06. The molecule has 1 nitrogen and oxygen atoms in total. The van der Waals surface area contributed by atoms with Gasteiger partial charge in [-0.1, -0.05) is 84.4 Å². The molecular weight excluding hydrogens is 316 g/mol. The third-order valence-electron chi connectivity index (χ3n) is 4.38. The zero-order valence-corrected chi connectivity index (χ0v) is 14.7. The highest BCUT2D eigenvalue weighted by Crippen LogP contribution is 2.29. The van der Waals surface area contributed by atoms with Crippen LogP contribution in [-0.4, -0.2) is 0 Å². The molecule has 0 saturated carbocycles. The summed E-state index contributed by atoms with van der Waals surface area (Å²) in [5.41, 5.74) is 6.02. The molecule has 0 bridgehead atoms. The van der Waals surface area contributed by atoms with E-state index in [9.17, 15) is 0 Å². The van der Waals surface area contributed by atoms with Crippen molar-refractivity contribution in [3.63, 3.8) is 0 Å². The molecule has 1 heteroatoms. The van der Waals surface area contributed by atoms with Gasteiger partial charge in [0.2, 0.25) is 0 Å². The van der Waals surface area contributed by atoms with Gasteiger partial charge in [-0.25, -0.2) is 0 Å². The minimum atomic E-state index is 0.839. The highest BCUT2D eigenvalue weighted by Gasteiger charge is 2.03. The van der Waals surface area contributed by atoms with Crippen molar-refractivity contribution in [1.29, 1.82) is 0 Å². The predicted octanol–water partition coefficient (Wildman–Crippen LogP) is 7.12. The van der Waals surface area contributed by atoms with E-state index in [1.54, 1.807) is 0 Å². The number of hydrogen-bond acceptors (Lipinski definition) is 1. The Morgan fingerprint density at radius 2 is 1.08 bits per heavy atom. The fraction of sp³-hybridized carbons (Fsp3) is 0.0400. The summed E-state index contributed by atoms with van der Waals surface area (Å²) in [5, 5.41) is 0. The molecule has 0 radical (unpaired) electrons. The second-order valence-corrected chi connectivity index (χ2v) is 6.39. The molecule has 0 aromatic heterocycles. The first kappa shape index (κ1) is 16.2. The van der Waals surface area contributed by atoms with Crippen LogP contribution in [0, 0.1) is 6.92 Å². The first-order chi connectivity index (χ1) is 12.8. The molecule has 26 heavy (non-hydrogen) atoms. The van der Waals surface area contributed by atoms with E-state index >= 15 is 0 Å². The Labute approximate surface area is 154 Å². The van der Waals surface area contributed by atoms with Crippen LogP contribution < -0.4 is 4.74 Å². The van der Waals surface area contributed by atoms with Gasteiger partial charge in [-0.3, -0.25) is 0 Å². The summed E-state index contributed by atoms with van der Waals surface area (Å²) in [6, 6.07) is 35.3. The van der Waals surface area contributed by atoms with Crippen molar-refractivity contribution in [2.24, 2.45) is 0 Å². The predicted molar refractivity (Wildman–Crippen MR) is 109 cm³/mol. The summed E-state index contributed by atoms with van der Waals surface area (Å²) in [4.78, 5) is 0. The van der Waals surface area contributed by atoms with E-state index in [0.29, 0.717) is 0 Å². The number of hydrogen-bond donors (Lipinski definition) is 0. The molecule has 4 aromatic carbocycles. The normalized spacial score (nSPS) is 10.5. The van der Waals surface area contributed by atoms with Crippen molar-refractivity contribution >= 4 is 0 Å². The fourth-order valence-electron chi connectivity index (χ4n) is 3.05. The monoisotopic (exact) mass is 336 g/mol. The van der Waals surface area contributed by atoms with E-state index in [1.807, 2.05) is 42.5 Å². The van der Waals surface area contributed by atoms with Crippen LogP contribution in [0.4, 0.5) is 0 Å². The van der Waals surface area contributed by atoms with E-state index in [-0.39, 0.29) is 0 Å². The van der Waals surface area contributed by atoms with E-state index < -0.39 is 0 Å². The van der Waals surface area contributed by atoms with Gasteiger partial charge >= 0.3 is 0 Å². The van der Waals surface area contributed by atoms with Crippen molar-refractivity contribution < 1.29 is 4.74 Å². The lowest BCUT2D eigenvalue weighted by Gasteiger charge is -2.09. The summed E-state index contributed by atoms with van der Waals surface area (Å²) < 4.78 is 6.06. The third kappa shape index (κ3) is 3.68. The van der Waals surface area contributed by atoms with Gasteiger partial charge in [0.25, 0.3) is 0 Å². The molecule has 0 atom stereocenters. The van der Waals surface area contributed by atoms with Crippen molar-refractivity contribution in [1.82, 2.24) is 0 Å². The standard InChI is InChI=1S/C25H20O/c1-19-7-5-10-22(17-19)21-13-15-24(16-14-21)26-25-12-6-11-23(18-25)20-8-3-2-4-9-20/h2-18H,1H3. The molecule has 0 fully saturated rings. The van der Waals surface area contributed by atoms with Crippen molar-refractivity contribution in [3.8, 4) is 33.8 Å². The lowest BCUT2D eigenvalue weighted by molar-refractivity contribution is 0.483. The van der Waals surface area contributed by atoms with Gasteiger partial charge in [0.15, 0.2) is 0 Å². The smallest absolute Gasteiger partial charge is 0.128 e. The molecule has 0 aliphatic heterocycles. The Kier molecular flexibility index (Phi) is 4.53. The molecule has 0 saturated heterocycles. The van der Waals surface area contributed by atoms with Crippen LogP contribution in [0.2, 0.25) is 0 Å². The van der Waals surface area contributed by atoms with E-state index in [0.717, 1.165) is 17.1 Å². The minimum Gasteiger partial charge on any atom is -0.457 e. The lowest BCUT2D eigenvalue weighted by atomic mass is 10.0. The number of benzene rings is 4. The highest BCUT2D eigenvalue weighted by molar-refractivity contribution is 5.66. The van der Waals surface area contributed by atoms with Crippen LogP contribution in [0.15, 0.2) is 103 Å². The maximum Gasteiger partial charge on any atom is 0.128 e. The number of rotatable bonds is 4. The summed E-state index contributed by atoms with van der Waals surface area (Å²) >= 11 is 0. The largest absolute Gasteiger partial charge is 0.457 e. The highest BCUT2D eigenvalue weighted by atomic mass is 16.5. The molecule has 0 amide bonds. The van der Waals surface area contributed by atoms with Crippen LogP contribution in [0.3, 0.4) is 0 Å². The second kappa shape index (κ2) is 7.28. The fourth-order valence-corrected chi connectivity index (χ4v) is 3.05. The zero-order chi connectivity index (χ0) is 17.8. The zero-order valence-electron chi connectivity index (χ0n) is 14.7. The summed E-state index contributed by atoms with van der Waals surface area (Å²) in [6.07, 6.45) is 0. The van der Waals surface area contributed by atoms with Crippen molar-refractivity contribution in [2.75, 3.05) is 0 Å². The summed E-state index contributed by atoms with van der Waals surface area (Å²) in [7, 11) is 0. The van der Waals surface area contributed by atoms with Gasteiger partial charge in [-0.15, -0.1) is 0 Å². The molecule has 4 aromatic rings. The number of ether oxygens (including phenoxy) is 1. The van der Waals surface area contributed by atoms with Crippen LogP contribution in [0.5, 0.6) is 11.5 Å². The van der Waals surface area contributed by atoms with E-state index in [1.165, 1.54) is 22.3 Å². The van der Waals surface area contributed by atoms with Gasteiger partial charge in [0.05, 0.1) is 0 Å². The third-order valence-corrected chi connectivity index (χ3v) is 4.38. The molecule has 4 rings (SSSR count). The number of aryl methyl sites for hydroxylation is 1. The Bertz CT molecular complexity index is 1000. The minimum absolute atomic E-state index is 0.839. The molecule has 0 unspecified atom stereocenters. The molecule has 0 aliphatic rings. The van der Waals surface area contributed by atoms with Gasteiger partial charge in [0.1, 0.15) is 11.5 Å². The Morgan fingerprint density at radius 3 is 1.81 bits per heavy atom. The molecule has 0 heterocycles. The van der Waals surface area contributed by atoms with Gasteiger partial charge in [-0.2, -0.15) is 0 Å². The Balaban J connectivity index is 1.55. The SMILES string of the molecule is Cc1cccc(-c2ccc(Oc3cccc(-c4ccccc4)c3)cc2)c1. The molecule has 126 valence electrons. The maximum absolute atomic E-state index is 6.06. The average Bonchev–Trinajstić information content (AvgIpc) is 2.69. The van der Waals surface area contributed by atoms with Crippen molar-refractivity contribution in [2.45, 2.75) is 6.92 Å². The average molecular weight is 336 g/mol. The van der Waals surface area contributed by atoms with E-state index in [2.05, 4.69) is 67.6 Å². The first-order valence-corrected chi connectivity index (χ1v) is 8.78.